The molecule has 2 rings (SSSR count). The van der Waals surface area contributed by atoms with Crippen LogP contribution in [0.25, 0.3) is 0 Å². The highest BCUT2D eigenvalue weighted by atomic mass is 16.6. The van der Waals surface area contributed by atoms with Gasteiger partial charge in [0.2, 0.25) is 11.8 Å². The molecule has 0 bridgehead atoms. The van der Waals surface area contributed by atoms with Crippen molar-refractivity contribution >= 4 is 23.9 Å². The first-order valence-corrected chi connectivity index (χ1v) is 11.7. The molecule has 10 heteroatoms. The van der Waals surface area contributed by atoms with Gasteiger partial charge in [-0.25, -0.2) is 4.79 Å². The van der Waals surface area contributed by atoms with E-state index in [-0.39, 0.29) is 29.2 Å². The second-order valence-corrected chi connectivity index (χ2v) is 10.1. The molecule has 3 N–H and O–H groups in total. The summed E-state index contributed by atoms with van der Waals surface area (Å²) in [4.78, 5) is 52.9. The van der Waals surface area contributed by atoms with Gasteiger partial charge >= 0.3 is 12.1 Å². The van der Waals surface area contributed by atoms with Gasteiger partial charge in [0.05, 0.1) is 7.11 Å². The average Bonchev–Trinajstić information content (AvgIpc) is 3.48. The molecule has 1 aliphatic carbocycles. The Morgan fingerprint density at radius 3 is 2.26 bits per heavy atom. The molecule has 0 heterocycles. The van der Waals surface area contributed by atoms with E-state index in [4.69, 9.17) is 4.74 Å². The summed E-state index contributed by atoms with van der Waals surface area (Å²) in [6, 6.07) is 3.72. The fraction of sp³-hybridized carbons (Fsp3) is 0.600. The summed E-state index contributed by atoms with van der Waals surface area (Å²) in [6.45, 7) is 10.3. The number of esters is 1. The maximum atomic E-state index is 13.9. The number of amides is 3. The predicted octanol–water partition coefficient (Wildman–Crippen LogP) is 2.51. The van der Waals surface area contributed by atoms with Gasteiger partial charge in [0.1, 0.15) is 30.0 Å². The number of aromatic hydroxyl groups is 1. The number of para-hydroxylation sites is 1. The zero-order valence-electron chi connectivity index (χ0n) is 21.5. The number of hydrogen-bond acceptors (Lipinski definition) is 7. The zero-order valence-corrected chi connectivity index (χ0v) is 21.5. The van der Waals surface area contributed by atoms with Crippen LogP contribution in [-0.2, 0) is 23.9 Å². The van der Waals surface area contributed by atoms with Crippen molar-refractivity contribution in [2.24, 2.45) is 11.8 Å². The van der Waals surface area contributed by atoms with E-state index in [2.05, 4.69) is 15.4 Å². The molecule has 0 spiro atoms. The summed E-state index contributed by atoms with van der Waals surface area (Å²) in [7, 11) is 1.20. The Kier molecular flexibility index (Phi) is 9.12. The molecule has 4 atom stereocenters. The van der Waals surface area contributed by atoms with Crippen LogP contribution in [0.2, 0.25) is 0 Å². The van der Waals surface area contributed by atoms with Crippen LogP contribution >= 0.6 is 0 Å². The SMILES string of the molecule is COC(=O)CNC(=O)C(c1ccccc1O)N(C(=O)C(NC(=O)OC(C)(C)C)C(C)C)C1CC1C. The van der Waals surface area contributed by atoms with Crippen LogP contribution in [0.15, 0.2) is 24.3 Å². The van der Waals surface area contributed by atoms with E-state index in [1.807, 2.05) is 6.92 Å². The maximum Gasteiger partial charge on any atom is 0.408 e. The maximum absolute atomic E-state index is 13.9. The molecule has 1 aliphatic rings. The molecule has 0 aliphatic heterocycles. The summed E-state index contributed by atoms with van der Waals surface area (Å²) in [6.07, 6.45) is -0.0974. The van der Waals surface area contributed by atoms with Crippen LogP contribution in [-0.4, -0.2) is 65.2 Å². The van der Waals surface area contributed by atoms with E-state index >= 15 is 0 Å². The summed E-state index contributed by atoms with van der Waals surface area (Å²) in [5, 5.41) is 15.7. The van der Waals surface area contributed by atoms with Gasteiger partial charge in [0.15, 0.2) is 0 Å². The number of nitrogens with one attached hydrogen (secondary N) is 2. The third-order valence-electron chi connectivity index (χ3n) is 5.68. The van der Waals surface area contributed by atoms with Crippen molar-refractivity contribution in [3.63, 3.8) is 0 Å². The van der Waals surface area contributed by atoms with Gasteiger partial charge in [-0.1, -0.05) is 39.0 Å². The Labute approximate surface area is 206 Å². The van der Waals surface area contributed by atoms with E-state index < -0.39 is 48.1 Å². The summed E-state index contributed by atoms with van der Waals surface area (Å²) >= 11 is 0. The Balaban J connectivity index is 2.47. The quantitative estimate of drug-likeness (QED) is 0.452. The van der Waals surface area contributed by atoms with E-state index in [1.54, 1.807) is 52.8 Å². The third kappa shape index (κ3) is 7.60. The Morgan fingerprint density at radius 1 is 1.17 bits per heavy atom. The number of rotatable bonds is 9. The van der Waals surface area contributed by atoms with Gasteiger partial charge in [-0.3, -0.25) is 14.4 Å². The molecule has 1 saturated carbocycles. The van der Waals surface area contributed by atoms with E-state index in [0.717, 1.165) is 0 Å². The normalized spacial score (nSPS) is 18.7. The first kappa shape index (κ1) is 27.9. The number of carbonyl (C=O) groups is 4. The third-order valence-corrected chi connectivity index (χ3v) is 5.68. The number of phenols is 1. The van der Waals surface area contributed by atoms with Gasteiger partial charge in [0, 0.05) is 11.6 Å². The summed E-state index contributed by atoms with van der Waals surface area (Å²) in [5.41, 5.74) is -0.548. The van der Waals surface area contributed by atoms with Crippen LogP contribution in [0.4, 0.5) is 4.79 Å². The van der Waals surface area contributed by atoms with Crippen molar-refractivity contribution in [2.75, 3.05) is 13.7 Å². The predicted molar refractivity (Wildman–Crippen MR) is 128 cm³/mol. The molecule has 1 aromatic rings. The van der Waals surface area contributed by atoms with Crippen molar-refractivity contribution in [1.29, 1.82) is 0 Å². The van der Waals surface area contributed by atoms with E-state index in [0.29, 0.717) is 6.42 Å². The van der Waals surface area contributed by atoms with Crippen LogP contribution < -0.4 is 10.6 Å². The Hall–Kier alpha value is -3.30. The first-order valence-electron chi connectivity index (χ1n) is 11.7. The largest absolute Gasteiger partial charge is 0.508 e. The molecule has 1 aromatic carbocycles. The van der Waals surface area contributed by atoms with Crippen molar-refractivity contribution in [2.45, 2.75) is 71.7 Å². The number of hydrogen-bond donors (Lipinski definition) is 3. The average molecular weight is 492 g/mol. The summed E-state index contributed by atoms with van der Waals surface area (Å²) < 4.78 is 9.95. The number of carbonyl (C=O) groups excluding carboxylic acids is 4. The second kappa shape index (κ2) is 11.4. The van der Waals surface area contributed by atoms with Crippen molar-refractivity contribution in [3.8, 4) is 5.75 Å². The molecule has 0 saturated heterocycles. The minimum Gasteiger partial charge on any atom is -0.508 e. The Morgan fingerprint density at radius 2 is 1.77 bits per heavy atom. The van der Waals surface area contributed by atoms with Crippen LogP contribution in [0, 0.1) is 11.8 Å². The fourth-order valence-electron chi connectivity index (χ4n) is 3.75. The highest BCUT2D eigenvalue weighted by molar-refractivity contribution is 5.94. The van der Waals surface area contributed by atoms with Gasteiger partial charge in [-0.2, -0.15) is 0 Å². The molecule has 0 radical (unpaired) electrons. The van der Waals surface area contributed by atoms with Gasteiger partial charge < -0.3 is 30.1 Å². The molecule has 4 unspecified atom stereocenters. The molecule has 3 amide bonds. The first-order chi connectivity index (χ1) is 16.3. The number of alkyl carbamates (subject to hydrolysis) is 1. The lowest BCUT2D eigenvalue weighted by Gasteiger charge is -2.36. The molecule has 0 aromatic heterocycles. The van der Waals surface area contributed by atoms with Gasteiger partial charge in [-0.15, -0.1) is 0 Å². The number of benzene rings is 1. The summed E-state index contributed by atoms with van der Waals surface area (Å²) in [5.74, 6) is -2.17. The minimum absolute atomic E-state index is 0.107. The zero-order chi connectivity index (χ0) is 26.5. The molecule has 194 valence electrons. The van der Waals surface area contributed by atoms with Crippen LogP contribution in [0.3, 0.4) is 0 Å². The lowest BCUT2D eigenvalue weighted by atomic mass is 9.98. The Bertz CT molecular complexity index is 941. The molecular weight excluding hydrogens is 454 g/mol. The molecule has 35 heavy (non-hydrogen) atoms. The second-order valence-electron chi connectivity index (χ2n) is 10.1. The lowest BCUT2D eigenvalue weighted by molar-refractivity contribution is -0.146. The van der Waals surface area contributed by atoms with Crippen molar-refractivity contribution in [3.05, 3.63) is 29.8 Å². The van der Waals surface area contributed by atoms with Crippen molar-refractivity contribution < 1.29 is 33.8 Å². The topological polar surface area (TPSA) is 134 Å². The van der Waals surface area contributed by atoms with E-state index in [1.165, 1.54) is 18.1 Å². The van der Waals surface area contributed by atoms with Crippen molar-refractivity contribution in [1.82, 2.24) is 15.5 Å². The monoisotopic (exact) mass is 491 g/mol. The molecular formula is C25H37N3O7. The van der Waals surface area contributed by atoms with E-state index in [9.17, 15) is 24.3 Å². The minimum atomic E-state index is -1.23. The number of ether oxygens (including phenoxy) is 2. The van der Waals surface area contributed by atoms with Gasteiger partial charge in [0.25, 0.3) is 0 Å². The molecule has 10 nitrogen and oxygen atoms in total. The number of methoxy groups -OCH3 is 1. The highest BCUT2D eigenvalue weighted by Crippen LogP contribution is 2.42. The number of phenolic OH excluding ortho intramolecular Hbond substituents is 1. The smallest absolute Gasteiger partial charge is 0.408 e. The lowest BCUT2D eigenvalue weighted by Crippen LogP contribution is -2.56. The van der Waals surface area contributed by atoms with Crippen LogP contribution in [0.1, 0.15) is 59.6 Å². The highest BCUT2D eigenvalue weighted by Gasteiger charge is 2.49. The standard InChI is InChI=1S/C25H37N3O7/c1-14(2)20(27-24(33)35-25(4,5)6)23(32)28(17-12-15(17)3)21(16-10-8-9-11-18(16)29)22(31)26-13-19(30)34-7/h8-11,14-15,17,20-21,29H,12-13H2,1-7H3,(H,26,31)(H,27,33). The molecule has 1 fully saturated rings. The number of nitrogens with zero attached hydrogens (tertiary/aromatic N) is 1. The van der Waals surface area contributed by atoms with Crippen LogP contribution in [0.5, 0.6) is 5.75 Å². The van der Waals surface area contributed by atoms with Gasteiger partial charge in [-0.05, 0) is 45.1 Å². The fourth-order valence-corrected chi connectivity index (χ4v) is 3.75.